The Labute approximate surface area is 101 Å². The first-order chi connectivity index (χ1) is 2.96. The maximum absolute atomic E-state index is 5.29. The molecule has 0 aromatic heterocycles. The second-order valence-electron chi connectivity index (χ2n) is 3.12. The van der Waals surface area contributed by atoms with Gasteiger partial charge in [-0.05, 0) is 27.7 Å². The maximum atomic E-state index is 5.29. The first-order valence-electron chi connectivity index (χ1n) is 2.66. The third-order valence-electron chi connectivity index (χ3n) is 1.92. The summed E-state index contributed by atoms with van der Waals surface area (Å²) in [6, 6.07) is 0. The molecule has 0 spiro atoms. The predicted molar refractivity (Wildman–Crippen MR) is 43.5 cm³/mol. The molecule has 1 rings (SSSR count). The fraction of sp³-hybridized carbons (Fsp3) is 1.00. The van der Waals surface area contributed by atoms with Crippen LogP contribution in [0.5, 0.6) is 0 Å². The van der Waals surface area contributed by atoms with Crippen LogP contribution in [0, 0.1) is 0 Å². The van der Waals surface area contributed by atoms with Crippen molar-refractivity contribution in [2.45, 2.75) is 38.9 Å². The monoisotopic (exact) mass is 148 g/mol. The van der Waals surface area contributed by atoms with Crippen molar-refractivity contribution in [3.8, 4) is 0 Å². The topological polar surface area (TPSA) is 12.5 Å². The Morgan fingerprint density at radius 2 is 0.889 bits per heavy atom. The Hall–Kier alpha value is 1.96. The van der Waals surface area contributed by atoms with Gasteiger partial charge in [0.15, 0.2) is 0 Å². The van der Waals surface area contributed by atoms with Crippen LogP contribution in [0.25, 0.3) is 0 Å². The van der Waals surface area contributed by atoms with Gasteiger partial charge in [-0.15, -0.1) is 0 Å². The van der Waals surface area contributed by atoms with Crippen molar-refractivity contribution < 1.29 is 4.74 Å². The molecule has 1 saturated heterocycles. The molecule has 0 unspecified atom stereocenters. The van der Waals surface area contributed by atoms with Crippen LogP contribution in [0.1, 0.15) is 27.7 Å². The summed E-state index contributed by atoms with van der Waals surface area (Å²) in [5, 5.41) is 0. The molecule has 1 heterocycles. The fourth-order valence-corrected chi connectivity index (χ4v) is 0.612. The summed E-state index contributed by atoms with van der Waals surface area (Å²) in [6.45, 7) is 8.42. The molecular formula is C6H14Na2O. The SMILES string of the molecule is CC1(C)OC1(C)C.[NaH].[NaH]. The second kappa shape index (κ2) is 3.57. The molecule has 0 amide bonds. The van der Waals surface area contributed by atoms with E-state index in [1.54, 1.807) is 0 Å². The first kappa shape index (κ1) is 13.5. The number of hydrogen-bond donors (Lipinski definition) is 0. The van der Waals surface area contributed by atoms with E-state index in [4.69, 9.17) is 4.74 Å². The van der Waals surface area contributed by atoms with Gasteiger partial charge in [0.2, 0.25) is 0 Å². The van der Waals surface area contributed by atoms with E-state index >= 15 is 0 Å². The third kappa shape index (κ3) is 2.82. The van der Waals surface area contributed by atoms with Crippen LogP contribution < -0.4 is 0 Å². The van der Waals surface area contributed by atoms with Crippen LogP contribution in [0.3, 0.4) is 0 Å². The summed E-state index contributed by atoms with van der Waals surface area (Å²) in [4.78, 5) is 0. The summed E-state index contributed by atoms with van der Waals surface area (Å²) >= 11 is 0. The number of rotatable bonds is 0. The van der Waals surface area contributed by atoms with E-state index in [9.17, 15) is 0 Å². The standard InChI is InChI=1S/C6H12O.2Na.2H/c1-5(2)6(3,4)7-5;;;;/h1-4H3;;;;. The van der Waals surface area contributed by atoms with Gasteiger partial charge in [-0.3, -0.25) is 0 Å². The molecule has 1 aliphatic heterocycles. The van der Waals surface area contributed by atoms with Crippen LogP contribution in [-0.2, 0) is 4.74 Å². The van der Waals surface area contributed by atoms with Gasteiger partial charge in [0.1, 0.15) is 0 Å². The van der Waals surface area contributed by atoms with Gasteiger partial charge in [0, 0.05) is 0 Å². The van der Waals surface area contributed by atoms with Gasteiger partial charge in [0.25, 0.3) is 0 Å². The summed E-state index contributed by atoms with van der Waals surface area (Å²) in [7, 11) is 0. The molecule has 0 radical (unpaired) electrons. The molecule has 0 aromatic carbocycles. The number of ether oxygens (including phenoxy) is 1. The molecule has 1 aliphatic rings. The second-order valence-corrected chi connectivity index (χ2v) is 3.12. The molecule has 0 aliphatic carbocycles. The van der Waals surface area contributed by atoms with Gasteiger partial charge >= 0.3 is 59.1 Å². The third-order valence-corrected chi connectivity index (χ3v) is 1.92. The van der Waals surface area contributed by atoms with Crippen molar-refractivity contribution in [2.75, 3.05) is 0 Å². The van der Waals surface area contributed by atoms with Crippen LogP contribution in [-0.4, -0.2) is 70.3 Å². The molecule has 0 aromatic rings. The van der Waals surface area contributed by atoms with E-state index in [1.165, 1.54) is 0 Å². The summed E-state index contributed by atoms with van der Waals surface area (Å²) in [5.41, 5.74) is 0.292. The van der Waals surface area contributed by atoms with Gasteiger partial charge in [-0.2, -0.15) is 0 Å². The quantitative estimate of drug-likeness (QED) is 0.355. The fourth-order valence-electron chi connectivity index (χ4n) is 0.612. The Morgan fingerprint density at radius 1 is 0.778 bits per heavy atom. The minimum absolute atomic E-state index is 0. The zero-order valence-corrected chi connectivity index (χ0v) is 5.41. The molecular weight excluding hydrogens is 134 g/mol. The van der Waals surface area contributed by atoms with Crippen LogP contribution >= 0.6 is 0 Å². The molecule has 0 bridgehead atoms. The van der Waals surface area contributed by atoms with Crippen molar-refractivity contribution in [1.82, 2.24) is 0 Å². The van der Waals surface area contributed by atoms with E-state index in [2.05, 4.69) is 27.7 Å². The van der Waals surface area contributed by atoms with Gasteiger partial charge in [-0.1, -0.05) is 0 Å². The van der Waals surface area contributed by atoms with Crippen LogP contribution in [0.2, 0.25) is 0 Å². The molecule has 0 N–H and O–H groups in total. The van der Waals surface area contributed by atoms with Crippen molar-refractivity contribution >= 4 is 59.1 Å². The van der Waals surface area contributed by atoms with Gasteiger partial charge in [0.05, 0.1) is 11.2 Å². The van der Waals surface area contributed by atoms with E-state index in [1.807, 2.05) is 0 Å². The van der Waals surface area contributed by atoms with Crippen LogP contribution in [0.15, 0.2) is 0 Å². The average molecular weight is 148 g/mol. The van der Waals surface area contributed by atoms with Gasteiger partial charge in [-0.25, -0.2) is 0 Å². The van der Waals surface area contributed by atoms with Crippen molar-refractivity contribution in [3.63, 3.8) is 0 Å². The van der Waals surface area contributed by atoms with E-state index in [-0.39, 0.29) is 70.3 Å². The Bertz CT molecular complexity index is 87.2. The summed E-state index contributed by atoms with van der Waals surface area (Å²) in [6.07, 6.45) is 0. The minimum atomic E-state index is 0. The molecule has 9 heavy (non-hydrogen) atoms. The van der Waals surface area contributed by atoms with Crippen molar-refractivity contribution in [2.24, 2.45) is 0 Å². The van der Waals surface area contributed by atoms with E-state index < -0.39 is 0 Å². The Kier molecular flexibility index (Phi) is 5.38. The Balaban J connectivity index is 0. The zero-order valence-electron chi connectivity index (χ0n) is 5.41. The average Bonchev–Trinajstić information content (AvgIpc) is 1.63. The van der Waals surface area contributed by atoms with Gasteiger partial charge < -0.3 is 4.74 Å². The normalized spacial score (nSPS) is 25.3. The molecule has 3 heteroatoms. The molecule has 1 fully saturated rings. The van der Waals surface area contributed by atoms with Crippen LogP contribution in [0.4, 0.5) is 0 Å². The molecule has 0 saturated carbocycles. The molecule has 0 atom stereocenters. The van der Waals surface area contributed by atoms with E-state index in [0.29, 0.717) is 0 Å². The number of hydrogen-bond acceptors (Lipinski definition) is 1. The van der Waals surface area contributed by atoms with Crippen molar-refractivity contribution in [1.29, 1.82) is 0 Å². The molecule has 46 valence electrons. The summed E-state index contributed by atoms with van der Waals surface area (Å²) < 4.78 is 5.29. The first-order valence-corrected chi connectivity index (χ1v) is 2.66. The van der Waals surface area contributed by atoms with E-state index in [0.717, 1.165) is 0 Å². The van der Waals surface area contributed by atoms with Crippen molar-refractivity contribution in [3.05, 3.63) is 0 Å². The predicted octanol–water partition coefficient (Wildman–Crippen LogP) is 0.277. The zero-order chi connectivity index (χ0) is 5.71. The Morgan fingerprint density at radius 3 is 0.889 bits per heavy atom. The molecule has 1 nitrogen and oxygen atoms in total. The summed E-state index contributed by atoms with van der Waals surface area (Å²) in [5.74, 6) is 0. The number of epoxide rings is 1.